The summed E-state index contributed by atoms with van der Waals surface area (Å²) in [6, 6.07) is 12.9. The normalized spacial score (nSPS) is 20.2. The lowest BCUT2D eigenvalue weighted by molar-refractivity contribution is 0.0711. The van der Waals surface area contributed by atoms with Gasteiger partial charge in [-0.2, -0.15) is 0 Å². The van der Waals surface area contributed by atoms with Crippen molar-refractivity contribution in [2.45, 2.75) is 52.2 Å². The standard InChI is InChI=1S/C28H35N3O2S/c1-18-21(7-3-9-23(18)28-31-24-11-13-30-17-27(24)34-28)22-8-4-10-26(19(22)2)33-15-5-6-20-16-29-14-12-25(20)32/h3-4,7-10,20,25,29-30,32H,5-6,11-17H2,1-2H3. The number of fused-ring (bicyclic) bond motifs is 1. The van der Waals surface area contributed by atoms with E-state index in [2.05, 4.69) is 60.9 Å². The van der Waals surface area contributed by atoms with Gasteiger partial charge in [0.1, 0.15) is 10.8 Å². The van der Waals surface area contributed by atoms with Crippen molar-refractivity contribution in [2.75, 3.05) is 26.2 Å². The van der Waals surface area contributed by atoms with Crippen molar-refractivity contribution in [3.8, 4) is 27.4 Å². The Kier molecular flexibility index (Phi) is 7.30. The summed E-state index contributed by atoms with van der Waals surface area (Å²) in [4.78, 5) is 6.35. The van der Waals surface area contributed by atoms with Crippen LogP contribution in [0.15, 0.2) is 36.4 Å². The van der Waals surface area contributed by atoms with Gasteiger partial charge in [-0.1, -0.05) is 30.3 Å². The number of nitrogens with zero attached hydrogens (tertiary/aromatic N) is 1. The number of benzene rings is 2. The van der Waals surface area contributed by atoms with Crippen LogP contribution in [0.5, 0.6) is 5.75 Å². The molecule has 0 saturated carbocycles. The van der Waals surface area contributed by atoms with Gasteiger partial charge in [0.15, 0.2) is 0 Å². The number of aliphatic hydroxyl groups excluding tert-OH is 1. The molecule has 1 aromatic heterocycles. The Morgan fingerprint density at radius 3 is 2.65 bits per heavy atom. The zero-order valence-corrected chi connectivity index (χ0v) is 21.0. The highest BCUT2D eigenvalue weighted by atomic mass is 32.1. The maximum atomic E-state index is 10.2. The summed E-state index contributed by atoms with van der Waals surface area (Å²) >= 11 is 1.82. The Morgan fingerprint density at radius 1 is 1.03 bits per heavy atom. The number of nitrogens with one attached hydrogen (secondary N) is 2. The molecule has 1 fully saturated rings. The minimum Gasteiger partial charge on any atom is -0.493 e. The average molecular weight is 478 g/mol. The second-order valence-electron chi connectivity index (χ2n) is 9.53. The fourth-order valence-corrected chi connectivity index (χ4v) is 6.35. The van der Waals surface area contributed by atoms with Gasteiger partial charge in [-0.3, -0.25) is 0 Å². The number of hydrogen-bond acceptors (Lipinski definition) is 6. The van der Waals surface area contributed by atoms with Crippen molar-refractivity contribution < 1.29 is 9.84 Å². The lowest BCUT2D eigenvalue weighted by Crippen LogP contribution is -2.39. The molecular formula is C28H35N3O2S. The van der Waals surface area contributed by atoms with Crippen molar-refractivity contribution in [1.82, 2.24) is 15.6 Å². The van der Waals surface area contributed by atoms with Crippen LogP contribution in [0.25, 0.3) is 21.7 Å². The van der Waals surface area contributed by atoms with Gasteiger partial charge >= 0.3 is 0 Å². The summed E-state index contributed by atoms with van der Waals surface area (Å²) in [5.41, 5.74) is 7.37. The van der Waals surface area contributed by atoms with Crippen LogP contribution in [0, 0.1) is 19.8 Å². The van der Waals surface area contributed by atoms with E-state index in [1.165, 1.54) is 38.4 Å². The quantitative estimate of drug-likeness (QED) is 0.424. The highest BCUT2D eigenvalue weighted by Crippen LogP contribution is 2.38. The van der Waals surface area contributed by atoms with Gasteiger partial charge in [0.2, 0.25) is 0 Å². The molecule has 3 heterocycles. The molecule has 2 aliphatic heterocycles. The molecule has 0 radical (unpaired) electrons. The average Bonchev–Trinajstić information content (AvgIpc) is 3.28. The summed E-state index contributed by atoms with van der Waals surface area (Å²) in [5.74, 6) is 1.28. The van der Waals surface area contributed by atoms with E-state index in [9.17, 15) is 5.11 Å². The molecule has 3 N–H and O–H groups in total. The van der Waals surface area contributed by atoms with Crippen LogP contribution in [-0.4, -0.2) is 42.4 Å². The molecule has 1 saturated heterocycles. The molecule has 3 aromatic rings. The summed E-state index contributed by atoms with van der Waals surface area (Å²) in [6.45, 7) is 8.80. The van der Waals surface area contributed by atoms with E-state index in [0.29, 0.717) is 12.5 Å². The lowest BCUT2D eigenvalue weighted by atomic mass is 9.92. The van der Waals surface area contributed by atoms with Gasteiger partial charge in [0.25, 0.3) is 0 Å². The fraction of sp³-hybridized carbons (Fsp3) is 0.464. The first-order valence-corrected chi connectivity index (χ1v) is 13.3. The molecule has 2 aliphatic rings. The van der Waals surface area contributed by atoms with Crippen LogP contribution in [0.1, 0.15) is 41.0 Å². The first-order valence-electron chi connectivity index (χ1n) is 12.5. The van der Waals surface area contributed by atoms with E-state index in [1.54, 1.807) is 0 Å². The molecule has 180 valence electrons. The van der Waals surface area contributed by atoms with Gasteiger partial charge < -0.3 is 20.5 Å². The molecular weight excluding hydrogens is 442 g/mol. The number of ether oxygens (including phenoxy) is 1. The smallest absolute Gasteiger partial charge is 0.124 e. The van der Waals surface area contributed by atoms with E-state index in [4.69, 9.17) is 9.72 Å². The summed E-state index contributed by atoms with van der Waals surface area (Å²) in [5, 5.41) is 18.1. The van der Waals surface area contributed by atoms with Gasteiger partial charge in [-0.05, 0) is 73.9 Å². The van der Waals surface area contributed by atoms with Crippen molar-refractivity contribution in [1.29, 1.82) is 0 Å². The summed E-state index contributed by atoms with van der Waals surface area (Å²) in [6.07, 6.45) is 3.62. The zero-order valence-electron chi connectivity index (χ0n) is 20.2. The molecule has 6 heteroatoms. The minimum absolute atomic E-state index is 0.179. The topological polar surface area (TPSA) is 66.4 Å². The van der Waals surface area contributed by atoms with Crippen LogP contribution in [-0.2, 0) is 13.0 Å². The van der Waals surface area contributed by atoms with Crippen molar-refractivity contribution in [3.63, 3.8) is 0 Å². The minimum atomic E-state index is -0.179. The third-order valence-electron chi connectivity index (χ3n) is 7.29. The Hall–Kier alpha value is -2.25. The van der Waals surface area contributed by atoms with E-state index in [-0.39, 0.29) is 6.10 Å². The second kappa shape index (κ2) is 10.6. The Balaban J connectivity index is 1.32. The zero-order chi connectivity index (χ0) is 23.5. The Morgan fingerprint density at radius 2 is 1.82 bits per heavy atom. The molecule has 0 bridgehead atoms. The van der Waals surface area contributed by atoms with Crippen molar-refractivity contribution in [3.05, 3.63) is 58.1 Å². The molecule has 0 spiro atoms. The first kappa shape index (κ1) is 23.5. The van der Waals surface area contributed by atoms with Crippen LogP contribution < -0.4 is 15.4 Å². The maximum Gasteiger partial charge on any atom is 0.124 e. The Labute approximate surface area is 206 Å². The monoisotopic (exact) mass is 477 g/mol. The highest BCUT2D eigenvalue weighted by molar-refractivity contribution is 7.15. The number of piperidine rings is 1. The van der Waals surface area contributed by atoms with E-state index in [1.807, 2.05) is 11.3 Å². The number of aliphatic hydroxyl groups is 1. The van der Waals surface area contributed by atoms with Gasteiger partial charge in [-0.25, -0.2) is 4.98 Å². The van der Waals surface area contributed by atoms with Crippen LogP contribution in [0.3, 0.4) is 0 Å². The van der Waals surface area contributed by atoms with Crippen molar-refractivity contribution >= 4 is 11.3 Å². The van der Waals surface area contributed by atoms with E-state index < -0.39 is 0 Å². The molecule has 0 aliphatic carbocycles. The van der Waals surface area contributed by atoms with E-state index in [0.717, 1.165) is 62.6 Å². The summed E-state index contributed by atoms with van der Waals surface area (Å²) in [7, 11) is 0. The third-order valence-corrected chi connectivity index (χ3v) is 8.42. The third kappa shape index (κ3) is 4.91. The highest BCUT2D eigenvalue weighted by Gasteiger charge is 2.22. The van der Waals surface area contributed by atoms with Crippen LogP contribution in [0.2, 0.25) is 0 Å². The largest absolute Gasteiger partial charge is 0.493 e. The SMILES string of the molecule is Cc1c(OCCCC2CNCCC2O)cccc1-c1cccc(-c2nc3c(s2)CNCC3)c1C. The molecule has 2 aromatic carbocycles. The molecule has 2 unspecified atom stereocenters. The van der Waals surface area contributed by atoms with Gasteiger partial charge in [0, 0.05) is 36.5 Å². The van der Waals surface area contributed by atoms with Crippen LogP contribution >= 0.6 is 11.3 Å². The van der Waals surface area contributed by atoms with E-state index >= 15 is 0 Å². The van der Waals surface area contributed by atoms with Crippen LogP contribution in [0.4, 0.5) is 0 Å². The van der Waals surface area contributed by atoms with Gasteiger partial charge in [0.05, 0.1) is 18.4 Å². The van der Waals surface area contributed by atoms with Crippen molar-refractivity contribution in [2.24, 2.45) is 5.92 Å². The molecule has 2 atom stereocenters. The molecule has 0 amide bonds. The fourth-order valence-electron chi connectivity index (χ4n) is 5.19. The number of hydrogen-bond donors (Lipinski definition) is 3. The van der Waals surface area contributed by atoms with Gasteiger partial charge in [-0.15, -0.1) is 11.3 Å². The molecule has 5 rings (SSSR count). The molecule has 5 nitrogen and oxygen atoms in total. The predicted molar refractivity (Wildman–Crippen MR) is 140 cm³/mol. The number of rotatable bonds is 7. The number of thiazole rings is 1. The predicted octanol–water partition coefficient (Wildman–Crippen LogP) is 4.87. The number of aromatic nitrogens is 1. The summed E-state index contributed by atoms with van der Waals surface area (Å²) < 4.78 is 6.22. The maximum absolute atomic E-state index is 10.2. The molecule has 34 heavy (non-hydrogen) atoms. The Bertz CT molecular complexity index is 1120. The first-order chi connectivity index (χ1) is 16.6. The second-order valence-corrected chi connectivity index (χ2v) is 10.6. The lowest BCUT2D eigenvalue weighted by Gasteiger charge is -2.28.